The van der Waals surface area contributed by atoms with Gasteiger partial charge in [-0.3, -0.25) is 4.79 Å². The minimum absolute atomic E-state index is 0. The van der Waals surface area contributed by atoms with Gasteiger partial charge in [0, 0.05) is 25.5 Å². The lowest BCUT2D eigenvalue weighted by Crippen LogP contribution is -2.43. The van der Waals surface area contributed by atoms with E-state index in [1.54, 1.807) is 46.8 Å². The van der Waals surface area contributed by atoms with Crippen LogP contribution in [0.3, 0.4) is 0 Å². The van der Waals surface area contributed by atoms with Crippen LogP contribution in [0.2, 0.25) is 0 Å². The van der Waals surface area contributed by atoms with Crippen LogP contribution in [0.1, 0.15) is 10.4 Å². The highest BCUT2D eigenvalue weighted by atomic mass is 127. The monoisotopic (exact) mass is 562 g/mol. The molecule has 1 heterocycles. The Morgan fingerprint density at radius 1 is 1.10 bits per heavy atom. The molecule has 2 N–H and O–H groups in total. The van der Waals surface area contributed by atoms with E-state index in [1.165, 1.54) is 9.78 Å². The van der Waals surface area contributed by atoms with Crippen LogP contribution in [0, 0.1) is 0 Å². The Labute approximate surface area is 205 Å². The van der Waals surface area contributed by atoms with Crippen molar-refractivity contribution in [1.29, 1.82) is 0 Å². The molecule has 8 nitrogen and oxygen atoms in total. The third-order valence-corrected chi connectivity index (χ3v) is 5.23. The van der Waals surface area contributed by atoms with Crippen molar-refractivity contribution in [1.82, 2.24) is 15.5 Å². The molecular formula is C21H31IN4O4S. The van der Waals surface area contributed by atoms with Crippen molar-refractivity contribution in [2.24, 2.45) is 4.99 Å². The number of guanidine groups is 1. The summed E-state index contributed by atoms with van der Waals surface area (Å²) in [6.07, 6.45) is 0.879. The first-order chi connectivity index (χ1) is 14.5. The molecule has 0 aliphatic rings. The maximum Gasteiger partial charge on any atom is 0.241 e. The molecule has 0 radical (unpaired) electrons. The number of amides is 1. The molecule has 0 aliphatic heterocycles. The number of carbonyl (C=O) groups excluding carboxylic acids is 1. The highest BCUT2D eigenvalue weighted by molar-refractivity contribution is 14.0. The second-order valence-corrected chi connectivity index (χ2v) is 7.63. The Bertz CT molecular complexity index is 819. The fraction of sp³-hybridized carbons (Fsp3) is 0.429. The zero-order chi connectivity index (χ0) is 21.9. The van der Waals surface area contributed by atoms with Crippen LogP contribution in [0.15, 0.2) is 34.6 Å². The van der Waals surface area contributed by atoms with Gasteiger partial charge in [-0.25, -0.2) is 4.99 Å². The van der Waals surface area contributed by atoms with Crippen molar-refractivity contribution in [2.45, 2.75) is 13.0 Å². The molecule has 0 aliphatic carbocycles. The number of methoxy groups -OCH3 is 3. The van der Waals surface area contributed by atoms with Gasteiger partial charge < -0.3 is 29.7 Å². The van der Waals surface area contributed by atoms with Gasteiger partial charge in [0.15, 0.2) is 17.5 Å². The normalized spacial score (nSPS) is 10.7. The van der Waals surface area contributed by atoms with Gasteiger partial charge >= 0.3 is 0 Å². The lowest BCUT2D eigenvalue weighted by Gasteiger charge is -2.16. The predicted molar refractivity (Wildman–Crippen MR) is 135 cm³/mol. The summed E-state index contributed by atoms with van der Waals surface area (Å²) in [7, 11) is 8.17. The van der Waals surface area contributed by atoms with Crippen LogP contribution in [0.4, 0.5) is 0 Å². The van der Waals surface area contributed by atoms with E-state index in [1.807, 2.05) is 18.2 Å². The number of hydrogen-bond donors (Lipinski definition) is 2. The van der Waals surface area contributed by atoms with Crippen molar-refractivity contribution >= 4 is 47.2 Å². The molecule has 172 valence electrons. The topological polar surface area (TPSA) is 84.4 Å². The molecule has 2 rings (SSSR count). The van der Waals surface area contributed by atoms with E-state index in [2.05, 4.69) is 27.1 Å². The highest BCUT2D eigenvalue weighted by Crippen LogP contribution is 2.38. The SMILES string of the molecule is COc1cc(CN=C(NCCc2cccs2)NCC(=O)N(C)C)cc(OC)c1OC.I. The molecule has 0 atom stereocenters. The summed E-state index contributed by atoms with van der Waals surface area (Å²) in [5.74, 6) is 2.22. The number of hydrogen-bond acceptors (Lipinski definition) is 6. The number of thiophene rings is 1. The van der Waals surface area contributed by atoms with Gasteiger partial charge in [0.25, 0.3) is 0 Å². The molecule has 0 spiro atoms. The van der Waals surface area contributed by atoms with Crippen molar-refractivity contribution in [3.63, 3.8) is 0 Å². The Morgan fingerprint density at radius 2 is 1.77 bits per heavy atom. The molecule has 0 saturated heterocycles. The molecule has 10 heteroatoms. The number of nitrogens with zero attached hydrogens (tertiary/aromatic N) is 2. The summed E-state index contributed by atoms with van der Waals surface area (Å²) in [5.41, 5.74) is 0.891. The van der Waals surface area contributed by atoms with Crippen LogP contribution >= 0.6 is 35.3 Å². The van der Waals surface area contributed by atoms with E-state index in [4.69, 9.17) is 14.2 Å². The quantitative estimate of drug-likeness (QED) is 0.263. The first kappa shape index (κ1) is 26.8. The van der Waals surface area contributed by atoms with E-state index in [0.29, 0.717) is 36.3 Å². The molecule has 1 aromatic carbocycles. The Kier molecular flexibility index (Phi) is 12.1. The average molecular weight is 562 g/mol. The molecule has 0 unspecified atom stereocenters. The van der Waals surface area contributed by atoms with Gasteiger partial charge in [0.05, 0.1) is 34.4 Å². The summed E-state index contributed by atoms with van der Waals surface area (Å²) in [4.78, 5) is 19.4. The molecule has 0 bridgehead atoms. The third kappa shape index (κ3) is 8.44. The molecule has 31 heavy (non-hydrogen) atoms. The number of ether oxygens (including phenoxy) is 3. The Hall–Kier alpha value is -2.21. The fourth-order valence-electron chi connectivity index (χ4n) is 2.65. The summed E-state index contributed by atoms with van der Waals surface area (Å²) in [5, 5.41) is 8.44. The second kappa shape index (κ2) is 14.0. The number of halogens is 1. The van der Waals surface area contributed by atoms with E-state index in [0.717, 1.165) is 12.0 Å². The smallest absolute Gasteiger partial charge is 0.241 e. The first-order valence-corrected chi connectivity index (χ1v) is 10.4. The average Bonchev–Trinajstić information content (AvgIpc) is 3.27. The molecule has 0 saturated carbocycles. The summed E-state index contributed by atoms with van der Waals surface area (Å²) >= 11 is 1.72. The van der Waals surface area contributed by atoms with Crippen molar-refractivity contribution in [2.75, 3.05) is 48.5 Å². The van der Waals surface area contributed by atoms with Crippen LogP contribution in [0.5, 0.6) is 17.2 Å². The highest BCUT2D eigenvalue weighted by Gasteiger charge is 2.13. The molecule has 1 amide bonds. The van der Waals surface area contributed by atoms with Gasteiger partial charge in [-0.15, -0.1) is 35.3 Å². The summed E-state index contributed by atoms with van der Waals surface area (Å²) in [6, 6.07) is 7.85. The number of benzene rings is 1. The van der Waals surface area contributed by atoms with E-state index in [9.17, 15) is 4.79 Å². The first-order valence-electron chi connectivity index (χ1n) is 9.52. The van der Waals surface area contributed by atoms with Crippen molar-refractivity contribution in [3.8, 4) is 17.2 Å². The number of likely N-dealkylation sites (N-methyl/N-ethyl adjacent to an activating group) is 1. The minimum atomic E-state index is -0.0319. The predicted octanol–water partition coefficient (Wildman–Crippen LogP) is 2.76. The van der Waals surface area contributed by atoms with Gasteiger partial charge in [-0.2, -0.15) is 0 Å². The number of carbonyl (C=O) groups is 1. The van der Waals surface area contributed by atoms with Crippen LogP contribution in [0.25, 0.3) is 0 Å². The second-order valence-electron chi connectivity index (χ2n) is 6.60. The molecule has 0 fully saturated rings. The molecule has 1 aromatic heterocycles. The zero-order valence-electron chi connectivity index (χ0n) is 18.6. The lowest BCUT2D eigenvalue weighted by atomic mass is 10.2. The van der Waals surface area contributed by atoms with Gasteiger partial charge in [0.1, 0.15) is 0 Å². The molecular weight excluding hydrogens is 531 g/mol. The van der Waals surface area contributed by atoms with Crippen molar-refractivity contribution < 1.29 is 19.0 Å². The van der Waals surface area contributed by atoms with Crippen LogP contribution in [-0.4, -0.2) is 65.3 Å². The number of rotatable bonds is 10. The van der Waals surface area contributed by atoms with E-state index in [-0.39, 0.29) is 36.4 Å². The number of nitrogens with one attached hydrogen (secondary N) is 2. The van der Waals surface area contributed by atoms with Gasteiger partial charge in [-0.1, -0.05) is 6.07 Å². The maximum atomic E-state index is 12.0. The van der Waals surface area contributed by atoms with Gasteiger partial charge in [0.2, 0.25) is 11.7 Å². The Morgan fingerprint density at radius 3 is 2.29 bits per heavy atom. The summed E-state index contributed by atoms with van der Waals surface area (Å²) < 4.78 is 16.2. The van der Waals surface area contributed by atoms with E-state index < -0.39 is 0 Å². The van der Waals surface area contributed by atoms with Crippen LogP contribution in [-0.2, 0) is 17.8 Å². The zero-order valence-corrected chi connectivity index (χ0v) is 21.7. The van der Waals surface area contributed by atoms with Crippen LogP contribution < -0.4 is 24.8 Å². The maximum absolute atomic E-state index is 12.0. The number of aliphatic imine (C=N–C) groups is 1. The van der Waals surface area contributed by atoms with E-state index >= 15 is 0 Å². The lowest BCUT2D eigenvalue weighted by molar-refractivity contribution is -0.127. The molecule has 2 aromatic rings. The Balaban J connectivity index is 0.00000480. The fourth-order valence-corrected chi connectivity index (χ4v) is 3.36. The standard InChI is InChI=1S/C21H30N4O4S.HI/c1-25(2)19(26)14-24-21(22-9-8-16-7-6-10-30-16)23-13-15-11-17(27-3)20(29-5)18(12-15)28-4;/h6-7,10-12H,8-9,13-14H2,1-5H3,(H2,22,23,24);1H. The third-order valence-electron chi connectivity index (χ3n) is 4.29. The minimum Gasteiger partial charge on any atom is -0.493 e. The van der Waals surface area contributed by atoms with Crippen molar-refractivity contribution in [3.05, 3.63) is 40.1 Å². The van der Waals surface area contributed by atoms with Gasteiger partial charge in [-0.05, 0) is 35.6 Å². The largest absolute Gasteiger partial charge is 0.493 e. The summed E-state index contributed by atoms with van der Waals surface area (Å²) in [6.45, 7) is 1.24.